The molecule has 3 N–H and O–H groups in total. The molecule has 0 spiro atoms. The van der Waals surface area contributed by atoms with Gasteiger partial charge in [0.2, 0.25) is 0 Å². The number of piperidine rings is 1. The van der Waals surface area contributed by atoms with Crippen LogP contribution in [0.3, 0.4) is 0 Å². The Bertz CT molecular complexity index is 826. The summed E-state index contributed by atoms with van der Waals surface area (Å²) in [6.07, 6.45) is 1.75. The molecule has 1 saturated heterocycles. The van der Waals surface area contributed by atoms with E-state index >= 15 is 0 Å². The van der Waals surface area contributed by atoms with Gasteiger partial charge in [-0.15, -0.1) is 0 Å². The Morgan fingerprint density at radius 1 is 0.821 bits per heavy atom. The van der Waals surface area contributed by atoms with Crippen molar-refractivity contribution in [3.8, 4) is 0 Å². The Kier molecular flexibility index (Phi) is 5.57. The van der Waals surface area contributed by atoms with Crippen LogP contribution in [-0.2, 0) is 0 Å². The van der Waals surface area contributed by atoms with Gasteiger partial charge in [-0.25, -0.2) is 0 Å². The topological polar surface area (TPSA) is 70.2 Å². The number of rotatable bonds is 4. The summed E-state index contributed by atoms with van der Waals surface area (Å²) in [4.78, 5) is 25.0. The number of hydrogen-bond donors (Lipinski definition) is 3. The second-order valence-electron chi connectivity index (χ2n) is 8.87. The zero-order valence-electron chi connectivity index (χ0n) is 17.0. The first-order valence-corrected chi connectivity index (χ1v) is 9.70. The summed E-state index contributed by atoms with van der Waals surface area (Å²) in [7, 11) is 0. The lowest BCUT2D eigenvalue weighted by molar-refractivity contribution is 0.0872. The molecule has 28 heavy (non-hydrogen) atoms. The molecule has 2 amide bonds. The molecule has 0 atom stereocenters. The van der Waals surface area contributed by atoms with Crippen molar-refractivity contribution in [3.63, 3.8) is 0 Å². The summed E-state index contributed by atoms with van der Waals surface area (Å²) < 4.78 is 0. The molecule has 5 heteroatoms. The van der Waals surface area contributed by atoms with E-state index in [2.05, 4.69) is 43.6 Å². The van der Waals surface area contributed by atoms with Crippen LogP contribution in [0.1, 0.15) is 61.3 Å². The van der Waals surface area contributed by atoms with E-state index < -0.39 is 0 Å². The molecule has 1 fully saturated rings. The van der Waals surface area contributed by atoms with Crippen molar-refractivity contribution in [2.24, 2.45) is 0 Å². The number of carbonyl (C=O) groups excluding carboxylic acids is 2. The van der Waals surface area contributed by atoms with Gasteiger partial charge in [0.05, 0.1) is 0 Å². The second kappa shape index (κ2) is 7.76. The summed E-state index contributed by atoms with van der Waals surface area (Å²) in [5.41, 5.74) is 1.76. The Balaban J connectivity index is 1.63. The van der Waals surface area contributed by atoms with E-state index in [1.165, 1.54) is 0 Å². The number of carbonyl (C=O) groups is 2. The summed E-state index contributed by atoms with van der Waals surface area (Å²) >= 11 is 0. The van der Waals surface area contributed by atoms with Gasteiger partial charge in [0.15, 0.2) is 0 Å². The first-order chi connectivity index (χ1) is 13.1. The Hall–Kier alpha value is -2.66. The average Bonchev–Trinajstić information content (AvgIpc) is 2.60. The molecule has 5 nitrogen and oxygen atoms in total. The molecular weight excluding hydrogens is 350 g/mol. The average molecular weight is 380 g/mol. The Morgan fingerprint density at radius 3 is 1.86 bits per heavy atom. The number of anilines is 1. The fraction of sp³-hybridized carbons (Fsp3) is 0.391. The second-order valence-corrected chi connectivity index (χ2v) is 8.87. The van der Waals surface area contributed by atoms with Crippen LogP contribution in [0.25, 0.3) is 0 Å². The van der Waals surface area contributed by atoms with E-state index in [4.69, 9.17) is 0 Å². The normalized spacial score (nSPS) is 18.3. The molecule has 0 aliphatic carbocycles. The molecule has 0 unspecified atom stereocenters. The largest absolute Gasteiger partial charge is 0.349 e. The van der Waals surface area contributed by atoms with Gasteiger partial charge in [0.1, 0.15) is 0 Å². The van der Waals surface area contributed by atoms with Crippen LogP contribution < -0.4 is 16.0 Å². The zero-order valence-corrected chi connectivity index (χ0v) is 17.0. The third kappa shape index (κ3) is 5.20. The van der Waals surface area contributed by atoms with Crippen LogP contribution in [0, 0.1) is 0 Å². The van der Waals surface area contributed by atoms with E-state index in [9.17, 15) is 9.59 Å². The van der Waals surface area contributed by atoms with Gasteiger partial charge in [0.25, 0.3) is 11.8 Å². The molecular formula is C23H29N3O2. The van der Waals surface area contributed by atoms with Crippen LogP contribution in [0.2, 0.25) is 0 Å². The maximum atomic E-state index is 12.7. The third-order valence-corrected chi connectivity index (χ3v) is 4.97. The highest BCUT2D eigenvalue weighted by Crippen LogP contribution is 2.28. The van der Waals surface area contributed by atoms with Crippen LogP contribution in [0.5, 0.6) is 0 Å². The minimum Gasteiger partial charge on any atom is -0.349 e. The van der Waals surface area contributed by atoms with Crippen LogP contribution in [-0.4, -0.2) is 28.9 Å². The van der Waals surface area contributed by atoms with Gasteiger partial charge in [-0.1, -0.05) is 18.2 Å². The fourth-order valence-electron chi connectivity index (χ4n) is 4.19. The minimum absolute atomic E-state index is 0.0287. The summed E-state index contributed by atoms with van der Waals surface area (Å²) in [5.74, 6) is -0.298. The molecule has 1 aliphatic rings. The Morgan fingerprint density at radius 2 is 1.32 bits per heavy atom. The number of nitrogens with one attached hydrogen (secondary N) is 3. The minimum atomic E-state index is -0.194. The summed E-state index contributed by atoms with van der Waals surface area (Å²) in [5, 5.41) is 9.62. The standard InChI is InChI=1S/C23H29N3O2/c1-22(2)14-19(15-23(3,4)26-22)25-21(28)17-12-10-16(11-13-17)20(27)24-18-8-6-5-7-9-18/h5-13,19,26H,14-15H2,1-4H3,(H,24,27)(H,25,28). The summed E-state index contributed by atoms with van der Waals surface area (Å²) in [6.45, 7) is 8.64. The molecule has 2 aromatic carbocycles. The van der Waals surface area contributed by atoms with Crippen molar-refractivity contribution in [1.82, 2.24) is 10.6 Å². The molecule has 0 bridgehead atoms. The monoisotopic (exact) mass is 379 g/mol. The van der Waals surface area contributed by atoms with Gasteiger partial charge >= 0.3 is 0 Å². The third-order valence-electron chi connectivity index (χ3n) is 4.97. The highest BCUT2D eigenvalue weighted by atomic mass is 16.2. The van der Waals surface area contributed by atoms with Gasteiger partial charge in [-0.3, -0.25) is 9.59 Å². The molecule has 0 aromatic heterocycles. The van der Waals surface area contributed by atoms with E-state index in [0.717, 1.165) is 18.5 Å². The molecule has 3 rings (SSSR count). The van der Waals surface area contributed by atoms with E-state index in [1.54, 1.807) is 24.3 Å². The van der Waals surface area contributed by atoms with Gasteiger partial charge < -0.3 is 16.0 Å². The van der Waals surface area contributed by atoms with E-state index in [-0.39, 0.29) is 28.9 Å². The number of hydrogen-bond acceptors (Lipinski definition) is 3. The van der Waals surface area contributed by atoms with Crippen LogP contribution >= 0.6 is 0 Å². The molecule has 2 aromatic rings. The SMILES string of the molecule is CC1(C)CC(NC(=O)c2ccc(C(=O)Nc3ccccc3)cc2)CC(C)(C)N1. The van der Waals surface area contributed by atoms with Crippen molar-refractivity contribution >= 4 is 17.5 Å². The van der Waals surface area contributed by atoms with E-state index in [1.807, 2.05) is 30.3 Å². The molecule has 1 aliphatic heterocycles. The summed E-state index contributed by atoms with van der Waals surface area (Å²) in [6, 6.07) is 16.2. The molecule has 0 saturated carbocycles. The van der Waals surface area contributed by atoms with Gasteiger partial charge in [-0.05, 0) is 76.9 Å². The number of amides is 2. The smallest absolute Gasteiger partial charge is 0.255 e. The maximum Gasteiger partial charge on any atom is 0.255 e. The lowest BCUT2D eigenvalue weighted by Crippen LogP contribution is -2.62. The Labute approximate surface area is 166 Å². The fourth-order valence-corrected chi connectivity index (χ4v) is 4.19. The highest BCUT2D eigenvalue weighted by Gasteiger charge is 2.38. The van der Waals surface area contributed by atoms with Crippen molar-refractivity contribution in [2.75, 3.05) is 5.32 Å². The molecule has 148 valence electrons. The highest BCUT2D eigenvalue weighted by molar-refractivity contribution is 6.05. The number of para-hydroxylation sites is 1. The van der Waals surface area contributed by atoms with Crippen LogP contribution in [0.15, 0.2) is 54.6 Å². The lowest BCUT2D eigenvalue weighted by Gasteiger charge is -2.46. The van der Waals surface area contributed by atoms with Crippen LogP contribution in [0.4, 0.5) is 5.69 Å². The predicted molar refractivity (Wildman–Crippen MR) is 113 cm³/mol. The van der Waals surface area contributed by atoms with Crippen molar-refractivity contribution in [3.05, 3.63) is 65.7 Å². The van der Waals surface area contributed by atoms with E-state index in [0.29, 0.717) is 11.1 Å². The van der Waals surface area contributed by atoms with Crippen molar-refractivity contribution < 1.29 is 9.59 Å². The van der Waals surface area contributed by atoms with Crippen molar-refractivity contribution in [1.29, 1.82) is 0 Å². The van der Waals surface area contributed by atoms with Gasteiger partial charge in [0, 0.05) is 33.9 Å². The van der Waals surface area contributed by atoms with Gasteiger partial charge in [-0.2, -0.15) is 0 Å². The zero-order chi connectivity index (χ0) is 20.4. The quantitative estimate of drug-likeness (QED) is 0.753. The predicted octanol–water partition coefficient (Wildman–Crippen LogP) is 3.98. The lowest BCUT2D eigenvalue weighted by atomic mass is 9.79. The first kappa shape index (κ1) is 20.1. The molecule has 1 heterocycles. The number of benzene rings is 2. The first-order valence-electron chi connectivity index (χ1n) is 9.70. The molecule has 0 radical (unpaired) electrons. The van der Waals surface area contributed by atoms with Crippen molar-refractivity contribution in [2.45, 2.75) is 57.7 Å². The maximum absolute atomic E-state index is 12.7.